The van der Waals surface area contributed by atoms with Gasteiger partial charge in [0.05, 0.1) is 6.10 Å². The molecule has 2 aliphatic rings. The standard InChI is InChI=1S/C17H25NO/c1-18-17-14(7-4-8-15-9-5-11-19-15)12-13-6-2-3-10-16(13)17/h2-3,6,10,14-15,17-18H,4-5,7-9,11-12H2,1H3. The Balaban J connectivity index is 1.54. The van der Waals surface area contributed by atoms with E-state index >= 15 is 0 Å². The van der Waals surface area contributed by atoms with Gasteiger partial charge >= 0.3 is 0 Å². The van der Waals surface area contributed by atoms with E-state index in [4.69, 9.17) is 4.74 Å². The maximum Gasteiger partial charge on any atom is 0.0576 e. The molecule has 3 atom stereocenters. The monoisotopic (exact) mass is 259 g/mol. The molecule has 1 heterocycles. The van der Waals surface area contributed by atoms with E-state index in [-0.39, 0.29) is 0 Å². The highest BCUT2D eigenvalue weighted by atomic mass is 16.5. The van der Waals surface area contributed by atoms with Gasteiger partial charge in [-0.25, -0.2) is 0 Å². The van der Waals surface area contributed by atoms with Crippen molar-refractivity contribution in [3.8, 4) is 0 Å². The molecule has 0 spiro atoms. The number of hydrogen-bond acceptors (Lipinski definition) is 2. The molecule has 2 heteroatoms. The summed E-state index contributed by atoms with van der Waals surface area (Å²) >= 11 is 0. The fraction of sp³-hybridized carbons (Fsp3) is 0.647. The third-order valence-electron chi connectivity index (χ3n) is 4.78. The molecule has 1 aliphatic carbocycles. The van der Waals surface area contributed by atoms with Crippen molar-refractivity contribution in [3.05, 3.63) is 35.4 Å². The molecule has 2 nitrogen and oxygen atoms in total. The van der Waals surface area contributed by atoms with Gasteiger partial charge in [-0.2, -0.15) is 0 Å². The fourth-order valence-corrected chi connectivity index (χ4v) is 3.82. The predicted molar refractivity (Wildman–Crippen MR) is 78.3 cm³/mol. The molecule has 0 amide bonds. The molecule has 0 aromatic heterocycles. The van der Waals surface area contributed by atoms with Crippen LogP contribution in [0.2, 0.25) is 0 Å². The van der Waals surface area contributed by atoms with Gasteiger partial charge in [0.25, 0.3) is 0 Å². The lowest BCUT2D eigenvalue weighted by atomic mass is 9.93. The van der Waals surface area contributed by atoms with Crippen molar-refractivity contribution in [3.63, 3.8) is 0 Å². The second-order valence-electron chi connectivity index (χ2n) is 6.00. The van der Waals surface area contributed by atoms with Crippen LogP contribution in [0, 0.1) is 5.92 Å². The summed E-state index contributed by atoms with van der Waals surface area (Å²) in [6, 6.07) is 9.47. The van der Waals surface area contributed by atoms with E-state index in [9.17, 15) is 0 Å². The van der Waals surface area contributed by atoms with Crippen LogP contribution in [0.1, 0.15) is 49.3 Å². The van der Waals surface area contributed by atoms with Gasteiger partial charge in [0.15, 0.2) is 0 Å². The van der Waals surface area contributed by atoms with Gasteiger partial charge in [-0.15, -0.1) is 0 Å². The minimum atomic E-state index is 0.553. The summed E-state index contributed by atoms with van der Waals surface area (Å²) in [5, 5.41) is 3.52. The Morgan fingerprint density at radius 2 is 2.16 bits per heavy atom. The Bertz CT molecular complexity index is 411. The molecule has 3 rings (SSSR count). The predicted octanol–water partition coefficient (Wildman–Crippen LogP) is 3.47. The summed E-state index contributed by atoms with van der Waals surface area (Å²) in [6.07, 6.45) is 8.22. The Morgan fingerprint density at radius 1 is 1.26 bits per heavy atom. The van der Waals surface area contributed by atoms with Gasteiger partial charge in [0.2, 0.25) is 0 Å². The molecule has 0 bridgehead atoms. The van der Waals surface area contributed by atoms with Crippen LogP contribution in [0.25, 0.3) is 0 Å². The first-order valence-electron chi connectivity index (χ1n) is 7.75. The van der Waals surface area contributed by atoms with Gasteiger partial charge < -0.3 is 10.1 Å². The highest BCUT2D eigenvalue weighted by molar-refractivity contribution is 5.35. The minimum absolute atomic E-state index is 0.553. The van der Waals surface area contributed by atoms with E-state index in [0.717, 1.165) is 12.5 Å². The van der Waals surface area contributed by atoms with Crippen molar-refractivity contribution >= 4 is 0 Å². The van der Waals surface area contributed by atoms with E-state index in [2.05, 4.69) is 36.6 Å². The molecule has 3 unspecified atom stereocenters. The summed E-state index contributed by atoms with van der Waals surface area (Å²) in [6.45, 7) is 0.985. The zero-order valence-corrected chi connectivity index (χ0v) is 11.9. The van der Waals surface area contributed by atoms with Crippen LogP contribution in [0.5, 0.6) is 0 Å². The lowest BCUT2D eigenvalue weighted by Gasteiger charge is -2.20. The van der Waals surface area contributed by atoms with E-state index in [1.54, 1.807) is 5.56 Å². The Labute approximate surface area is 116 Å². The second kappa shape index (κ2) is 6.06. The Morgan fingerprint density at radius 3 is 2.95 bits per heavy atom. The summed E-state index contributed by atoms with van der Waals surface area (Å²) in [4.78, 5) is 0. The van der Waals surface area contributed by atoms with Crippen LogP contribution in [0.3, 0.4) is 0 Å². The molecule has 1 N–H and O–H groups in total. The average Bonchev–Trinajstić information content (AvgIpc) is 3.05. The fourth-order valence-electron chi connectivity index (χ4n) is 3.82. The summed E-state index contributed by atoms with van der Waals surface area (Å²) in [5.41, 5.74) is 3.07. The zero-order valence-electron chi connectivity index (χ0n) is 11.9. The molecule has 1 saturated heterocycles. The van der Waals surface area contributed by atoms with Crippen molar-refractivity contribution in [2.45, 2.75) is 50.7 Å². The third kappa shape index (κ3) is 2.85. The number of ether oxygens (including phenoxy) is 1. The highest BCUT2D eigenvalue weighted by Crippen LogP contribution is 2.38. The largest absolute Gasteiger partial charge is 0.378 e. The summed E-state index contributed by atoms with van der Waals surface area (Å²) in [5.74, 6) is 0.767. The van der Waals surface area contributed by atoms with Crippen LogP contribution in [-0.2, 0) is 11.2 Å². The van der Waals surface area contributed by atoms with Crippen molar-refractivity contribution in [1.29, 1.82) is 0 Å². The van der Waals surface area contributed by atoms with Crippen molar-refractivity contribution in [2.75, 3.05) is 13.7 Å². The van der Waals surface area contributed by atoms with Crippen molar-refractivity contribution in [1.82, 2.24) is 5.32 Å². The van der Waals surface area contributed by atoms with Crippen LogP contribution < -0.4 is 5.32 Å². The van der Waals surface area contributed by atoms with Crippen LogP contribution >= 0.6 is 0 Å². The molecular formula is C17H25NO. The normalized spacial score (nSPS) is 29.6. The quantitative estimate of drug-likeness (QED) is 0.874. The highest BCUT2D eigenvalue weighted by Gasteiger charge is 2.30. The molecule has 0 radical (unpaired) electrons. The van der Waals surface area contributed by atoms with Gasteiger partial charge in [-0.3, -0.25) is 0 Å². The van der Waals surface area contributed by atoms with Crippen LogP contribution in [0.4, 0.5) is 0 Å². The van der Waals surface area contributed by atoms with E-state index < -0.39 is 0 Å². The number of hydrogen-bond donors (Lipinski definition) is 1. The number of benzene rings is 1. The number of fused-ring (bicyclic) bond motifs is 1. The minimum Gasteiger partial charge on any atom is -0.378 e. The zero-order chi connectivity index (χ0) is 13.1. The molecule has 1 aromatic rings. The molecule has 1 aliphatic heterocycles. The van der Waals surface area contributed by atoms with E-state index in [1.807, 2.05) is 0 Å². The van der Waals surface area contributed by atoms with Crippen molar-refractivity contribution in [2.24, 2.45) is 5.92 Å². The molecule has 104 valence electrons. The van der Waals surface area contributed by atoms with Gasteiger partial charge in [-0.1, -0.05) is 30.7 Å². The molecular weight excluding hydrogens is 234 g/mol. The van der Waals surface area contributed by atoms with Crippen LogP contribution in [-0.4, -0.2) is 19.8 Å². The Kier molecular flexibility index (Phi) is 4.19. The first kappa shape index (κ1) is 13.1. The van der Waals surface area contributed by atoms with Crippen LogP contribution in [0.15, 0.2) is 24.3 Å². The Hall–Kier alpha value is -0.860. The number of rotatable bonds is 5. The lowest BCUT2D eigenvalue weighted by Crippen LogP contribution is -2.21. The maximum absolute atomic E-state index is 5.72. The van der Waals surface area contributed by atoms with E-state index in [0.29, 0.717) is 12.1 Å². The molecule has 1 fully saturated rings. The van der Waals surface area contributed by atoms with Crippen molar-refractivity contribution < 1.29 is 4.74 Å². The lowest BCUT2D eigenvalue weighted by molar-refractivity contribution is 0.100. The smallest absolute Gasteiger partial charge is 0.0576 e. The summed E-state index contributed by atoms with van der Waals surface area (Å²) in [7, 11) is 2.10. The second-order valence-corrected chi connectivity index (χ2v) is 6.00. The van der Waals surface area contributed by atoms with Gasteiger partial charge in [-0.05, 0) is 56.2 Å². The third-order valence-corrected chi connectivity index (χ3v) is 4.78. The topological polar surface area (TPSA) is 21.3 Å². The van der Waals surface area contributed by atoms with Gasteiger partial charge in [0.1, 0.15) is 0 Å². The first-order chi connectivity index (χ1) is 9.38. The van der Waals surface area contributed by atoms with E-state index in [1.165, 1.54) is 44.1 Å². The number of nitrogens with one attached hydrogen (secondary N) is 1. The summed E-state index contributed by atoms with van der Waals surface area (Å²) < 4.78 is 5.72. The first-order valence-corrected chi connectivity index (χ1v) is 7.75. The molecule has 1 aromatic carbocycles. The SMILES string of the molecule is CNC1c2ccccc2CC1CCCC1CCCO1. The maximum atomic E-state index is 5.72. The van der Waals surface area contributed by atoms with Gasteiger partial charge in [0, 0.05) is 12.6 Å². The average molecular weight is 259 g/mol. The molecule has 0 saturated carbocycles. The molecule has 19 heavy (non-hydrogen) atoms.